The van der Waals surface area contributed by atoms with E-state index in [4.69, 9.17) is 0 Å². The first-order valence-corrected chi connectivity index (χ1v) is 10.7. The normalized spacial score (nSPS) is 30.4. The highest BCUT2D eigenvalue weighted by atomic mass is 19.1. The third kappa shape index (κ3) is 2.85. The molecular weight excluding hydrogens is 383 g/mol. The Balaban J connectivity index is 1.58. The Bertz CT molecular complexity index is 984. The first-order chi connectivity index (χ1) is 14.5. The molecule has 2 aromatic rings. The maximum absolute atomic E-state index is 13.7. The van der Waals surface area contributed by atoms with Crippen LogP contribution in [0.4, 0.5) is 10.1 Å². The van der Waals surface area contributed by atoms with Crippen molar-refractivity contribution in [1.29, 1.82) is 0 Å². The molecule has 0 aromatic heterocycles. The molecule has 2 aliphatic heterocycles. The zero-order chi connectivity index (χ0) is 20.9. The van der Waals surface area contributed by atoms with Crippen LogP contribution in [-0.2, 0) is 15.0 Å². The van der Waals surface area contributed by atoms with Crippen molar-refractivity contribution in [3.8, 4) is 0 Å². The van der Waals surface area contributed by atoms with E-state index < -0.39 is 11.5 Å². The van der Waals surface area contributed by atoms with Crippen LogP contribution in [-0.4, -0.2) is 34.5 Å². The van der Waals surface area contributed by atoms with Gasteiger partial charge in [0.2, 0.25) is 11.8 Å². The second-order valence-electron chi connectivity index (χ2n) is 8.71. The lowest BCUT2D eigenvalue weighted by Crippen LogP contribution is -2.44. The maximum Gasteiger partial charge on any atom is 0.237 e. The van der Waals surface area contributed by atoms with Gasteiger partial charge >= 0.3 is 0 Å². The smallest absolute Gasteiger partial charge is 0.237 e. The van der Waals surface area contributed by atoms with E-state index in [1.165, 1.54) is 12.1 Å². The first kappa shape index (κ1) is 19.2. The van der Waals surface area contributed by atoms with Crippen molar-refractivity contribution in [2.45, 2.75) is 49.7 Å². The number of benzene rings is 2. The summed E-state index contributed by atoms with van der Waals surface area (Å²) < 4.78 is 13.7. The van der Waals surface area contributed by atoms with Crippen molar-refractivity contribution in [1.82, 2.24) is 4.90 Å². The van der Waals surface area contributed by atoms with Gasteiger partial charge in [0, 0.05) is 18.2 Å². The number of nitrogens with one attached hydrogen (secondary N) is 1. The number of para-hydroxylation sites is 1. The lowest BCUT2D eigenvalue weighted by molar-refractivity contribution is -0.139. The van der Waals surface area contributed by atoms with Crippen LogP contribution < -0.4 is 5.32 Å². The lowest BCUT2D eigenvalue weighted by atomic mass is 9.72. The molecule has 1 spiro atoms. The number of aliphatic hydroxyl groups excluding tert-OH is 1. The summed E-state index contributed by atoms with van der Waals surface area (Å²) >= 11 is 0. The Labute approximate surface area is 174 Å². The van der Waals surface area contributed by atoms with Gasteiger partial charge in [-0.15, -0.1) is 0 Å². The van der Waals surface area contributed by atoms with Gasteiger partial charge in [0.15, 0.2) is 0 Å². The molecule has 3 aliphatic rings. The zero-order valence-electron chi connectivity index (χ0n) is 16.7. The minimum Gasteiger partial charge on any atom is -0.393 e. The van der Waals surface area contributed by atoms with Gasteiger partial charge in [-0.05, 0) is 61.4 Å². The minimum atomic E-state index is -0.877. The lowest BCUT2D eigenvalue weighted by Gasteiger charge is -2.37. The van der Waals surface area contributed by atoms with Gasteiger partial charge in [-0.1, -0.05) is 30.3 Å². The summed E-state index contributed by atoms with van der Waals surface area (Å²) in [6.07, 6.45) is 2.75. The average molecular weight is 408 g/mol. The summed E-state index contributed by atoms with van der Waals surface area (Å²) in [5, 5.41) is 12.8. The van der Waals surface area contributed by atoms with E-state index in [1.54, 1.807) is 12.1 Å². The van der Waals surface area contributed by atoms with Crippen LogP contribution in [0.1, 0.15) is 49.3 Å². The molecule has 6 heteroatoms. The van der Waals surface area contributed by atoms with E-state index in [1.807, 2.05) is 29.2 Å². The molecule has 1 saturated heterocycles. The maximum atomic E-state index is 13.7. The summed E-state index contributed by atoms with van der Waals surface area (Å²) in [4.78, 5) is 28.7. The summed E-state index contributed by atoms with van der Waals surface area (Å²) in [5.74, 6) is -0.565. The first-order valence-electron chi connectivity index (χ1n) is 10.7. The molecule has 2 aromatic carbocycles. The van der Waals surface area contributed by atoms with Gasteiger partial charge < -0.3 is 15.3 Å². The minimum absolute atomic E-state index is 0.0327. The molecular formula is C24H25FN2O3. The molecule has 0 radical (unpaired) electrons. The fourth-order valence-corrected chi connectivity index (χ4v) is 5.59. The molecule has 0 bridgehead atoms. The van der Waals surface area contributed by atoms with Crippen molar-refractivity contribution in [2.24, 2.45) is 5.92 Å². The van der Waals surface area contributed by atoms with E-state index in [9.17, 15) is 19.1 Å². The molecule has 1 aliphatic carbocycles. The molecule has 156 valence electrons. The van der Waals surface area contributed by atoms with Gasteiger partial charge in [0.05, 0.1) is 12.1 Å². The molecule has 5 nitrogen and oxygen atoms in total. The number of aliphatic hydroxyl groups is 1. The standard InChI is InChI=1S/C24H25FN2O3/c25-17-9-5-15(6-10-17)21-24(19-3-1-2-4-20(19)26-23(24)30)13-14-27(21)22(29)16-7-11-18(28)12-8-16/h1-6,9-10,16,18,21,28H,7-8,11-14H2,(H,26,30)/t16?,18?,21-,24+/m0/s1. The molecule has 2 fully saturated rings. The van der Waals surface area contributed by atoms with Crippen molar-refractivity contribution in [3.63, 3.8) is 0 Å². The number of fused-ring (bicyclic) bond motifs is 2. The molecule has 2 heterocycles. The number of hydrogen-bond acceptors (Lipinski definition) is 3. The highest BCUT2D eigenvalue weighted by Gasteiger charge is 2.59. The molecule has 30 heavy (non-hydrogen) atoms. The summed E-state index contributed by atoms with van der Waals surface area (Å²) in [6, 6.07) is 13.3. The Kier molecular flexibility index (Phi) is 4.62. The zero-order valence-corrected chi connectivity index (χ0v) is 16.7. The van der Waals surface area contributed by atoms with Crippen LogP contribution in [0.2, 0.25) is 0 Å². The summed E-state index contributed by atoms with van der Waals surface area (Å²) in [7, 11) is 0. The monoisotopic (exact) mass is 408 g/mol. The largest absolute Gasteiger partial charge is 0.393 e. The van der Waals surface area contributed by atoms with Crippen molar-refractivity contribution < 1.29 is 19.1 Å². The molecule has 2 N–H and O–H groups in total. The Morgan fingerprint density at radius 3 is 2.50 bits per heavy atom. The van der Waals surface area contributed by atoms with Crippen LogP contribution >= 0.6 is 0 Å². The van der Waals surface area contributed by atoms with Crippen LogP contribution in [0.5, 0.6) is 0 Å². The van der Waals surface area contributed by atoms with Crippen LogP contribution in [0, 0.1) is 11.7 Å². The number of carbonyl (C=O) groups excluding carboxylic acids is 2. The third-order valence-electron chi connectivity index (χ3n) is 7.10. The Morgan fingerprint density at radius 2 is 1.77 bits per heavy atom. The number of carbonyl (C=O) groups is 2. The number of likely N-dealkylation sites (tertiary alicyclic amines) is 1. The second-order valence-corrected chi connectivity index (χ2v) is 8.71. The van der Waals surface area contributed by atoms with Crippen molar-refractivity contribution in [3.05, 3.63) is 65.5 Å². The Morgan fingerprint density at radius 1 is 1.07 bits per heavy atom. The van der Waals surface area contributed by atoms with Crippen LogP contribution in [0.25, 0.3) is 0 Å². The highest BCUT2D eigenvalue weighted by Crippen LogP contribution is 2.55. The summed E-state index contributed by atoms with van der Waals surface area (Å²) in [5.41, 5.74) is 1.58. The fraction of sp³-hybridized carbons (Fsp3) is 0.417. The van der Waals surface area contributed by atoms with Gasteiger partial charge in [0.25, 0.3) is 0 Å². The molecule has 1 saturated carbocycles. The highest BCUT2D eigenvalue weighted by molar-refractivity contribution is 6.07. The van der Waals surface area contributed by atoms with E-state index in [0.717, 1.165) is 16.8 Å². The molecule has 2 atom stereocenters. The molecule has 5 rings (SSSR count). The van der Waals surface area contributed by atoms with Crippen molar-refractivity contribution >= 4 is 17.5 Å². The van der Waals surface area contributed by atoms with Gasteiger partial charge in [0.1, 0.15) is 11.2 Å². The number of halogens is 1. The van der Waals surface area contributed by atoms with Gasteiger partial charge in [-0.2, -0.15) is 0 Å². The number of amides is 2. The van der Waals surface area contributed by atoms with E-state index in [0.29, 0.717) is 38.6 Å². The van der Waals surface area contributed by atoms with E-state index in [-0.39, 0.29) is 29.7 Å². The predicted octanol–water partition coefficient (Wildman–Crippen LogP) is 3.54. The second kappa shape index (κ2) is 7.20. The number of nitrogens with zero attached hydrogens (tertiary/aromatic N) is 1. The number of rotatable bonds is 2. The van der Waals surface area contributed by atoms with Gasteiger partial charge in [-0.3, -0.25) is 9.59 Å². The van der Waals surface area contributed by atoms with E-state index >= 15 is 0 Å². The number of anilines is 1. The average Bonchev–Trinajstić information content (AvgIpc) is 3.28. The molecule has 0 unspecified atom stereocenters. The molecule has 2 amide bonds. The fourth-order valence-electron chi connectivity index (χ4n) is 5.59. The SMILES string of the molecule is O=C(C1CCC(O)CC1)N1CC[C@]2(C(=O)Nc3ccccc32)[C@@H]1c1ccc(F)cc1. The van der Waals surface area contributed by atoms with Crippen LogP contribution in [0.15, 0.2) is 48.5 Å². The quantitative estimate of drug-likeness (QED) is 0.799. The topological polar surface area (TPSA) is 69.6 Å². The van der Waals surface area contributed by atoms with Crippen LogP contribution in [0.3, 0.4) is 0 Å². The van der Waals surface area contributed by atoms with E-state index in [2.05, 4.69) is 5.32 Å². The number of hydrogen-bond donors (Lipinski definition) is 2. The predicted molar refractivity (Wildman–Crippen MR) is 110 cm³/mol. The Hall–Kier alpha value is -2.73. The van der Waals surface area contributed by atoms with Gasteiger partial charge in [-0.25, -0.2) is 4.39 Å². The third-order valence-corrected chi connectivity index (χ3v) is 7.10. The van der Waals surface area contributed by atoms with Crippen molar-refractivity contribution in [2.75, 3.05) is 11.9 Å². The summed E-state index contributed by atoms with van der Waals surface area (Å²) in [6.45, 7) is 0.474.